The minimum Gasteiger partial charge on any atom is -0.479 e. The number of ether oxygens (including phenoxy) is 1. The monoisotopic (exact) mass is 427 g/mol. The molecule has 1 atom stereocenters. The first kappa shape index (κ1) is 20.6. The average molecular weight is 429 g/mol. The van der Waals surface area contributed by atoms with Crippen molar-refractivity contribution in [3.63, 3.8) is 0 Å². The van der Waals surface area contributed by atoms with Gasteiger partial charge in [0, 0.05) is 12.6 Å². The number of alkyl halides is 3. The van der Waals surface area contributed by atoms with Gasteiger partial charge >= 0.3 is 12.1 Å². The summed E-state index contributed by atoms with van der Waals surface area (Å²) in [5.41, 5.74) is -0.326. The van der Waals surface area contributed by atoms with Crippen LogP contribution in [-0.4, -0.2) is 22.2 Å². The molecule has 26 heavy (non-hydrogen) atoms. The maximum Gasteiger partial charge on any atom is 0.417 e. The van der Waals surface area contributed by atoms with Crippen LogP contribution < -0.4 is 4.74 Å². The van der Waals surface area contributed by atoms with E-state index in [-0.39, 0.29) is 32.9 Å². The number of benzene rings is 1. The van der Waals surface area contributed by atoms with Gasteiger partial charge in [0.1, 0.15) is 10.8 Å². The van der Waals surface area contributed by atoms with E-state index in [1.54, 1.807) is 0 Å². The van der Waals surface area contributed by atoms with E-state index >= 15 is 0 Å². The zero-order valence-electron chi connectivity index (χ0n) is 13.1. The molecule has 0 radical (unpaired) electrons. The summed E-state index contributed by atoms with van der Waals surface area (Å²) in [5.74, 6) is -1.11. The fourth-order valence-corrected chi connectivity index (χ4v) is 2.66. The highest BCUT2D eigenvalue weighted by Crippen LogP contribution is 2.37. The van der Waals surface area contributed by atoms with Crippen molar-refractivity contribution in [1.82, 2.24) is 4.98 Å². The molecule has 0 saturated carbocycles. The van der Waals surface area contributed by atoms with Crippen molar-refractivity contribution in [2.24, 2.45) is 0 Å². The Kier molecular flexibility index (Phi) is 6.26. The highest BCUT2D eigenvalue weighted by Gasteiger charge is 2.31. The lowest BCUT2D eigenvalue weighted by atomic mass is 10.1. The van der Waals surface area contributed by atoms with Gasteiger partial charge in [-0.2, -0.15) is 13.2 Å². The minimum absolute atomic E-state index is 0.0136. The van der Waals surface area contributed by atoms with Crippen molar-refractivity contribution in [2.45, 2.75) is 25.6 Å². The Balaban J connectivity index is 2.28. The largest absolute Gasteiger partial charge is 0.479 e. The normalized spacial score (nSPS) is 12.7. The fraction of sp³-hybridized carbons (Fsp3) is 0.250. The van der Waals surface area contributed by atoms with Crippen LogP contribution in [0.4, 0.5) is 13.2 Å². The van der Waals surface area contributed by atoms with Gasteiger partial charge in [-0.15, -0.1) is 0 Å². The van der Waals surface area contributed by atoms with Crippen LogP contribution in [0.1, 0.15) is 23.7 Å². The van der Waals surface area contributed by atoms with E-state index in [9.17, 15) is 18.0 Å². The summed E-state index contributed by atoms with van der Waals surface area (Å²) >= 11 is 18.1. The van der Waals surface area contributed by atoms with Crippen LogP contribution in [-0.2, 0) is 17.4 Å². The molecule has 0 fully saturated rings. The summed E-state index contributed by atoms with van der Waals surface area (Å²) in [6, 6.07) is 3.71. The third kappa shape index (κ3) is 4.72. The van der Waals surface area contributed by atoms with E-state index in [0.29, 0.717) is 11.8 Å². The fourth-order valence-electron chi connectivity index (χ4n) is 1.97. The summed E-state index contributed by atoms with van der Waals surface area (Å²) < 4.78 is 43.2. The first-order chi connectivity index (χ1) is 12.0. The van der Waals surface area contributed by atoms with Crippen molar-refractivity contribution in [3.8, 4) is 5.75 Å². The lowest BCUT2D eigenvalue weighted by Crippen LogP contribution is -2.23. The smallest absolute Gasteiger partial charge is 0.417 e. The van der Waals surface area contributed by atoms with E-state index in [0.717, 1.165) is 6.07 Å². The molecule has 1 aromatic carbocycles. The Morgan fingerprint density at radius 3 is 2.46 bits per heavy atom. The number of halogens is 6. The van der Waals surface area contributed by atoms with Crippen molar-refractivity contribution in [1.29, 1.82) is 0 Å². The average Bonchev–Trinajstić information content (AvgIpc) is 2.54. The van der Waals surface area contributed by atoms with Gasteiger partial charge in [-0.3, -0.25) is 4.98 Å². The molecule has 0 aliphatic carbocycles. The van der Waals surface area contributed by atoms with Crippen LogP contribution in [0.5, 0.6) is 5.75 Å². The third-order valence-electron chi connectivity index (χ3n) is 3.38. The highest BCUT2D eigenvalue weighted by atomic mass is 35.5. The van der Waals surface area contributed by atoms with E-state index in [4.69, 9.17) is 44.6 Å². The summed E-state index contributed by atoms with van der Waals surface area (Å²) in [7, 11) is 0. The molecule has 0 spiro atoms. The van der Waals surface area contributed by atoms with Crippen LogP contribution in [0, 0.1) is 0 Å². The Morgan fingerprint density at radius 2 is 1.92 bits per heavy atom. The van der Waals surface area contributed by atoms with Crippen molar-refractivity contribution < 1.29 is 27.8 Å². The standard InChI is InChI=1S/C16H11Cl3F3NO3/c1-7(15(24)25)26-12-3-2-8(13(18)14(12)19)4-11-10(17)5-9(6-23-11)16(20,21)22/h2-3,5-7H,4H2,1H3,(H,24,25). The van der Waals surface area contributed by atoms with Crippen LogP contribution in [0.15, 0.2) is 24.4 Å². The first-order valence-corrected chi connectivity index (χ1v) is 8.22. The number of hydrogen-bond acceptors (Lipinski definition) is 3. The van der Waals surface area contributed by atoms with Gasteiger partial charge in [0.05, 0.1) is 21.3 Å². The first-order valence-electron chi connectivity index (χ1n) is 7.08. The summed E-state index contributed by atoms with van der Waals surface area (Å²) in [5, 5.41) is 8.75. The van der Waals surface area contributed by atoms with Gasteiger partial charge in [0.25, 0.3) is 0 Å². The lowest BCUT2D eigenvalue weighted by molar-refractivity contribution is -0.144. The molecule has 0 aliphatic heterocycles. The number of nitrogens with zero attached hydrogens (tertiary/aromatic N) is 1. The second-order valence-corrected chi connectivity index (χ2v) is 6.44. The van der Waals surface area contributed by atoms with Crippen LogP contribution in [0.25, 0.3) is 0 Å². The molecule has 1 N–H and O–H groups in total. The molecule has 1 aromatic heterocycles. The Bertz CT molecular complexity index is 843. The van der Waals surface area contributed by atoms with Gasteiger partial charge in [0.2, 0.25) is 0 Å². The Labute approximate surface area is 161 Å². The molecular formula is C16H11Cl3F3NO3. The summed E-state index contributed by atoms with van der Waals surface area (Å²) in [6.07, 6.45) is -4.97. The number of pyridine rings is 1. The molecule has 1 heterocycles. The second-order valence-electron chi connectivity index (χ2n) is 5.28. The molecule has 140 valence electrons. The SMILES string of the molecule is CC(Oc1ccc(Cc2ncc(C(F)(F)F)cc2Cl)c(Cl)c1Cl)C(=O)O. The Morgan fingerprint density at radius 1 is 1.27 bits per heavy atom. The van der Waals surface area contributed by atoms with Crippen LogP contribution >= 0.6 is 34.8 Å². The van der Waals surface area contributed by atoms with E-state index < -0.39 is 23.8 Å². The highest BCUT2D eigenvalue weighted by molar-refractivity contribution is 6.43. The molecule has 0 amide bonds. The van der Waals surface area contributed by atoms with E-state index in [2.05, 4.69) is 4.98 Å². The number of aromatic nitrogens is 1. The second kappa shape index (κ2) is 7.90. The van der Waals surface area contributed by atoms with Crippen molar-refractivity contribution >= 4 is 40.8 Å². The maximum absolute atomic E-state index is 12.7. The van der Waals surface area contributed by atoms with Gasteiger partial charge in [-0.1, -0.05) is 40.9 Å². The number of carbonyl (C=O) groups is 1. The zero-order chi connectivity index (χ0) is 19.6. The summed E-state index contributed by atoms with van der Waals surface area (Å²) in [4.78, 5) is 14.6. The van der Waals surface area contributed by atoms with Crippen molar-refractivity contribution in [3.05, 3.63) is 56.3 Å². The molecule has 1 unspecified atom stereocenters. The predicted octanol–water partition coefficient (Wildman–Crippen LogP) is 5.50. The topological polar surface area (TPSA) is 59.4 Å². The number of hydrogen-bond donors (Lipinski definition) is 1. The van der Waals surface area contributed by atoms with E-state index in [1.807, 2.05) is 0 Å². The van der Waals surface area contributed by atoms with Crippen LogP contribution in [0.2, 0.25) is 15.1 Å². The molecular weight excluding hydrogens is 418 g/mol. The molecule has 0 saturated heterocycles. The quantitative estimate of drug-likeness (QED) is 0.683. The number of aliphatic carboxylic acids is 1. The maximum atomic E-state index is 12.7. The summed E-state index contributed by atoms with van der Waals surface area (Å²) in [6.45, 7) is 1.33. The lowest BCUT2D eigenvalue weighted by Gasteiger charge is -2.15. The van der Waals surface area contributed by atoms with Gasteiger partial charge < -0.3 is 9.84 Å². The molecule has 2 rings (SSSR count). The number of rotatable bonds is 5. The van der Waals surface area contributed by atoms with Crippen molar-refractivity contribution in [2.75, 3.05) is 0 Å². The molecule has 10 heteroatoms. The Hall–Kier alpha value is -1.70. The number of carboxylic acid groups (broad SMARTS) is 1. The third-order valence-corrected chi connectivity index (χ3v) is 4.61. The number of carboxylic acids is 1. The minimum atomic E-state index is -4.55. The molecule has 4 nitrogen and oxygen atoms in total. The van der Waals surface area contributed by atoms with Gasteiger partial charge in [-0.05, 0) is 24.6 Å². The predicted molar refractivity (Wildman–Crippen MR) is 91.2 cm³/mol. The molecule has 2 aromatic rings. The molecule has 0 bridgehead atoms. The van der Waals surface area contributed by atoms with Gasteiger partial charge in [-0.25, -0.2) is 4.79 Å². The zero-order valence-corrected chi connectivity index (χ0v) is 15.3. The van der Waals surface area contributed by atoms with Gasteiger partial charge in [0.15, 0.2) is 6.10 Å². The molecule has 0 aliphatic rings. The van der Waals surface area contributed by atoms with Crippen LogP contribution in [0.3, 0.4) is 0 Å². The van der Waals surface area contributed by atoms with E-state index in [1.165, 1.54) is 19.1 Å².